The van der Waals surface area contributed by atoms with E-state index < -0.39 is 5.82 Å². The van der Waals surface area contributed by atoms with Crippen LogP contribution in [0.2, 0.25) is 5.02 Å². The van der Waals surface area contributed by atoms with Crippen LogP contribution in [-0.4, -0.2) is 29.8 Å². The number of halogens is 2. The minimum Gasteiger partial charge on any atom is -0.369 e. The highest BCUT2D eigenvalue weighted by Crippen LogP contribution is 2.22. The van der Waals surface area contributed by atoms with E-state index in [1.165, 1.54) is 12.1 Å². The van der Waals surface area contributed by atoms with Crippen molar-refractivity contribution >= 4 is 23.4 Å². The van der Waals surface area contributed by atoms with Crippen molar-refractivity contribution in [3.63, 3.8) is 0 Å². The highest BCUT2D eigenvalue weighted by molar-refractivity contribution is 6.31. The first kappa shape index (κ1) is 14.8. The summed E-state index contributed by atoms with van der Waals surface area (Å²) >= 11 is 5.91. The van der Waals surface area contributed by atoms with Crippen LogP contribution in [0.4, 0.5) is 4.39 Å². The highest BCUT2D eigenvalue weighted by Gasteiger charge is 2.26. The number of carbonyl (C=O) groups is 2. The number of rotatable bonds is 3. The lowest BCUT2D eigenvalue weighted by molar-refractivity contribution is -0.134. The second kappa shape index (κ2) is 6.22. The summed E-state index contributed by atoms with van der Waals surface area (Å²) in [6, 6.07) is 4.35. The SMILES string of the molecule is NC(=O)C1CCN(C(=O)Cc2c(F)cccc2Cl)CC1. The Labute approximate surface area is 121 Å². The minimum atomic E-state index is -0.474. The summed E-state index contributed by atoms with van der Waals surface area (Å²) in [6.07, 6.45) is 1.06. The number of benzene rings is 1. The standard InChI is InChI=1S/C14H16ClFN2O2/c15-11-2-1-3-12(16)10(11)8-13(19)18-6-4-9(5-7-18)14(17)20/h1-3,9H,4-8H2,(H2,17,20). The maximum atomic E-state index is 13.6. The largest absolute Gasteiger partial charge is 0.369 e. The number of primary amides is 1. The minimum absolute atomic E-state index is 0.0628. The Morgan fingerprint density at radius 2 is 2.00 bits per heavy atom. The van der Waals surface area contributed by atoms with E-state index in [0.717, 1.165) is 0 Å². The molecule has 2 amide bonds. The molecule has 0 saturated carbocycles. The molecular formula is C14H16ClFN2O2. The summed E-state index contributed by atoms with van der Waals surface area (Å²) in [5.74, 6) is -1.15. The monoisotopic (exact) mass is 298 g/mol. The summed E-state index contributed by atoms with van der Waals surface area (Å²) in [7, 11) is 0. The number of hydrogen-bond donors (Lipinski definition) is 1. The summed E-state index contributed by atoms with van der Waals surface area (Å²) in [5.41, 5.74) is 5.46. The van der Waals surface area contributed by atoms with Crippen molar-refractivity contribution in [1.82, 2.24) is 4.90 Å². The van der Waals surface area contributed by atoms with E-state index in [1.54, 1.807) is 11.0 Å². The molecule has 0 radical (unpaired) electrons. The van der Waals surface area contributed by atoms with Gasteiger partial charge >= 0.3 is 0 Å². The lowest BCUT2D eigenvalue weighted by Crippen LogP contribution is -2.42. The van der Waals surface area contributed by atoms with E-state index in [-0.39, 0.29) is 34.7 Å². The normalized spacial score (nSPS) is 16.2. The molecule has 20 heavy (non-hydrogen) atoms. The van der Waals surface area contributed by atoms with Gasteiger partial charge in [0, 0.05) is 29.6 Å². The van der Waals surface area contributed by atoms with Gasteiger partial charge in [0.25, 0.3) is 0 Å². The predicted octanol–water partition coefficient (Wildman–Crippen LogP) is 1.75. The predicted molar refractivity (Wildman–Crippen MR) is 73.6 cm³/mol. The molecule has 0 atom stereocenters. The number of nitrogens with zero attached hydrogens (tertiary/aromatic N) is 1. The van der Waals surface area contributed by atoms with E-state index in [4.69, 9.17) is 17.3 Å². The lowest BCUT2D eigenvalue weighted by Gasteiger charge is -2.30. The van der Waals surface area contributed by atoms with Crippen LogP contribution in [0.5, 0.6) is 0 Å². The molecule has 6 heteroatoms. The fourth-order valence-electron chi connectivity index (χ4n) is 2.38. The van der Waals surface area contributed by atoms with Gasteiger partial charge in [-0.3, -0.25) is 9.59 Å². The summed E-state index contributed by atoms with van der Waals surface area (Å²) in [6.45, 7) is 0.941. The molecular weight excluding hydrogens is 283 g/mol. The molecule has 1 fully saturated rings. The Hall–Kier alpha value is -1.62. The van der Waals surface area contributed by atoms with Crippen LogP contribution < -0.4 is 5.73 Å². The molecule has 1 aromatic carbocycles. The van der Waals surface area contributed by atoms with Crippen molar-refractivity contribution in [3.8, 4) is 0 Å². The highest BCUT2D eigenvalue weighted by atomic mass is 35.5. The first-order chi connectivity index (χ1) is 9.49. The van der Waals surface area contributed by atoms with Gasteiger partial charge in [0.1, 0.15) is 5.82 Å². The maximum absolute atomic E-state index is 13.6. The lowest BCUT2D eigenvalue weighted by atomic mass is 9.96. The van der Waals surface area contributed by atoms with Gasteiger partial charge in [-0.1, -0.05) is 17.7 Å². The van der Waals surface area contributed by atoms with Crippen molar-refractivity contribution in [3.05, 3.63) is 34.6 Å². The first-order valence-electron chi connectivity index (χ1n) is 6.49. The molecule has 0 aromatic heterocycles. The van der Waals surface area contributed by atoms with Crippen LogP contribution in [0.25, 0.3) is 0 Å². The fraction of sp³-hybridized carbons (Fsp3) is 0.429. The van der Waals surface area contributed by atoms with Crippen molar-refractivity contribution in [2.24, 2.45) is 11.7 Å². The third kappa shape index (κ3) is 3.28. The average molecular weight is 299 g/mol. The Morgan fingerprint density at radius 3 is 2.55 bits per heavy atom. The molecule has 1 saturated heterocycles. The van der Waals surface area contributed by atoms with Gasteiger partial charge in [0.05, 0.1) is 6.42 Å². The van der Waals surface area contributed by atoms with E-state index >= 15 is 0 Å². The van der Waals surface area contributed by atoms with E-state index in [1.807, 2.05) is 0 Å². The molecule has 1 heterocycles. The fourth-order valence-corrected chi connectivity index (χ4v) is 2.61. The van der Waals surface area contributed by atoms with Crippen molar-refractivity contribution in [2.75, 3.05) is 13.1 Å². The quantitative estimate of drug-likeness (QED) is 0.924. The zero-order chi connectivity index (χ0) is 14.7. The van der Waals surface area contributed by atoms with Gasteiger partial charge in [-0.05, 0) is 25.0 Å². The zero-order valence-corrected chi connectivity index (χ0v) is 11.7. The molecule has 0 spiro atoms. The number of likely N-dealkylation sites (tertiary alicyclic amines) is 1. The van der Waals surface area contributed by atoms with Crippen LogP contribution in [0, 0.1) is 11.7 Å². The molecule has 2 rings (SSSR count). The van der Waals surface area contributed by atoms with E-state index in [2.05, 4.69) is 0 Å². The van der Waals surface area contributed by atoms with Crippen LogP contribution in [-0.2, 0) is 16.0 Å². The van der Waals surface area contributed by atoms with Crippen LogP contribution in [0.15, 0.2) is 18.2 Å². The Morgan fingerprint density at radius 1 is 1.35 bits per heavy atom. The molecule has 1 aromatic rings. The van der Waals surface area contributed by atoms with E-state index in [9.17, 15) is 14.0 Å². The van der Waals surface area contributed by atoms with Crippen molar-refractivity contribution < 1.29 is 14.0 Å². The van der Waals surface area contributed by atoms with Gasteiger partial charge in [0.15, 0.2) is 0 Å². The third-order valence-corrected chi connectivity index (χ3v) is 3.99. The number of hydrogen-bond acceptors (Lipinski definition) is 2. The Kier molecular flexibility index (Phi) is 4.60. The number of piperidine rings is 1. The zero-order valence-electron chi connectivity index (χ0n) is 10.9. The van der Waals surface area contributed by atoms with Crippen molar-refractivity contribution in [2.45, 2.75) is 19.3 Å². The Bertz CT molecular complexity index is 508. The van der Waals surface area contributed by atoms with Crippen LogP contribution in [0.1, 0.15) is 18.4 Å². The summed E-state index contributed by atoms with van der Waals surface area (Å²) < 4.78 is 13.6. The third-order valence-electron chi connectivity index (χ3n) is 3.64. The van der Waals surface area contributed by atoms with Gasteiger partial charge in [0.2, 0.25) is 11.8 Å². The number of nitrogens with two attached hydrogens (primary N) is 1. The van der Waals surface area contributed by atoms with Gasteiger partial charge in [-0.25, -0.2) is 4.39 Å². The average Bonchev–Trinajstić information content (AvgIpc) is 2.43. The molecule has 0 aliphatic carbocycles. The van der Waals surface area contributed by atoms with Crippen LogP contribution in [0.3, 0.4) is 0 Å². The molecule has 108 valence electrons. The number of carbonyl (C=O) groups excluding carboxylic acids is 2. The van der Waals surface area contributed by atoms with Gasteiger partial charge in [-0.15, -0.1) is 0 Å². The van der Waals surface area contributed by atoms with Crippen LogP contribution >= 0.6 is 11.6 Å². The maximum Gasteiger partial charge on any atom is 0.227 e. The van der Waals surface area contributed by atoms with Gasteiger partial charge < -0.3 is 10.6 Å². The smallest absolute Gasteiger partial charge is 0.227 e. The second-order valence-electron chi connectivity index (χ2n) is 4.93. The Balaban J connectivity index is 1.98. The topological polar surface area (TPSA) is 63.4 Å². The molecule has 2 N–H and O–H groups in total. The second-order valence-corrected chi connectivity index (χ2v) is 5.34. The summed E-state index contributed by atoms with van der Waals surface area (Å²) in [4.78, 5) is 24.8. The molecule has 4 nitrogen and oxygen atoms in total. The van der Waals surface area contributed by atoms with E-state index in [0.29, 0.717) is 25.9 Å². The van der Waals surface area contributed by atoms with Crippen molar-refractivity contribution in [1.29, 1.82) is 0 Å². The molecule has 1 aliphatic heterocycles. The molecule has 0 unspecified atom stereocenters. The van der Waals surface area contributed by atoms with Gasteiger partial charge in [-0.2, -0.15) is 0 Å². The first-order valence-corrected chi connectivity index (χ1v) is 6.87. The summed E-state index contributed by atoms with van der Waals surface area (Å²) in [5, 5.41) is 0.255. The molecule has 0 bridgehead atoms. The number of amides is 2. The molecule has 1 aliphatic rings.